The van der Waals surface area contributed by atoms with Gasteiger partial charge < -0.3 is 15.0 Å². The first-order chi connectivity index (χ1) is 12.2. The standard InChI is InChI=1S/C19H24N4O2/c1-14-4-3-11-23(13-14)18-10-9-17(21-22-18)19(24)20-12-15-5-7-16(25-2)8-6-15/h5-10,14H,3-4,11-13H2,1-2H3,(H,20,24). The van der Waals surface area contributed by atoms with Gasteiger partial charge in [-0.3, -0.25) is 4.79 Å². The lowest BCUT2D eigenvalue weighted by atomic mass is 10.0. The molecule has 1 fully saturated rings. The number of rotatable bonds is 5. The highest BCUT2D eigenvalue weighted by atomic mass is 16.5. The number of hydrogen-bond acceptors (Lipinski definition) is 5. The van der Waals surface area contributed by atoms with Gasteiger partial charge in [-0.15, -0.1) is 10.2 Å². The van der Waals surface area contributed by atoms with E-state index in [1.54, 1.807) is 13.2 Å². The van der Waals surface area contributed by atoms with Gasteiger partial charge >= 0.3 is 0 Å². The monoisotopic (exact) mass is 340 g/mol. The predicted molar refractivity (Wildman–Crippen MR) is 96.8 cm³/mol. The van der Waals surface area contributed by atoms with Gasteiger partial charge in [0.15, 0.2) is 11.5 Å². The first kappa shape index (κ1) is 17.2. The van der Waals surface area contributed by atoms with Crippen molar-refractivity contribution in [2.75, 3.05) is 25.1 Å². The third kappa shape index (κ3) is 4.47. The Bertz CT molecular complexity index is 700. The predicted octanol–water partition coefficient (Wildman–Crippen LogP) is 2.65. The zero-order chi connectivity index (χ0) is 17.6. The number of carbonyl (C=O) groups is 1. The van der Waals surface area contributed by atoms with Gasteiger partial charge in [0.25, 0.3) is 5.91 Å². The van der Waals surface area contributed by atoms with Crippen molar-refractivity contribution < 1.29 is 9.53 Å². The molecule has 0 spiro atoms. The second-order valence-corrected chi connectivity index (χ2v) is 6.50. The number of nitrogens with zero attached hydrogens (tertiary/aromatic N) is 3. The largest absolute Gasteiger partial charge is 0.497 e. The van der Waals surface area contributed by atoms with Gasteiger partial charge in [0, 0.05) is 19.6 Å². The van der Waals surface area contributed by atoms with Crippen molar-refractivity contribution in [3.63, 3.8) is 0 Å². The SMILES string of the molecule is COc1ccc(CNC(=O)c2ccc(N3CCCC(C)C3)nn2)cc1. The van der Waals surface area contributed by atoms with Crippen molar-refractivity contribution in [2.45, 2.75) is 26.3 Å². The van der Waals surface area contributed by atoms with Crippen molar-refractivity contribution in [1.82, 2.24) is 15.5 Å². The molecule has 1 aromatic heterocycles. The Morgan fingerprint density at radius 1 is 1.24 bits per heavy atom. The quantitative estimate of drug-likeness (QED) is 0.906. The lowest BCUT2D eigenvalue weighted by molar-refractivity contribution is 0.0945. The van der Waals surface area contributed by atoms with Crippen LogP contribution >= 0.6 is 0 Å². The van der Waals surface area contributed by atoms with E-state index in [2.05, 4.69) is 27.3 Å². The number of ether oxygens (including phenoxy) is 1. The van der Waals surface area contributed by atoms with E-state index >= 15 is 0 Å². The summed E-state index contributed by atoms with van der Waals surface area (Å²) in [6.45, 7) is 4.69. The summed E-state index contributed by atoms with van der Waals surface area (Å²) in [5.74, 6) is 2.09. The fourth-order valence-electron chi connectivity index (χ4n) is 3.03. The van der Waals surface area contributed by atoms with Crippen LogP contribution in [0.2, 0.25) is 0 Å². The second-order valence-electron chi connectivity index (χ2n) is 6.50. The van der Waals surface area contributed by atoms with Crippen molar-refractivity contribution >= 4 is 11.7 Å². The summed E-state index contributed by atoms with van der Waals surface area (Å²) in [4.78, 5) is 14.5. The number of anilines is 1. The van der Waals surface area contributed by atoms with E-state index in [0.717, 1.165) is 30.2 Å². The van der Waals surface area contributed by atoms with Crippen LogP contribution in [0.5, 0.6) is 5.75 Å². The van der Waals surface area contributed by atoms with E-state index in [0.29, 0.717) is 18.2 Å². The van der Waals surface area contributed by atoms with E-state index in [9.17, 15) is 4.79 Å². The molecule has 132 valence electrons. The van der Waals surface area contributed by atoms with E-state index in [-0.39, 0.29) is 5.91 Å². The normalized spacial score (nSPS) is 17.2. The average Bonchev–Trinajstić information content (AvgIpc) is 2.66. The Labute approximate surface area is 148 Å². The lowest BCUT2D eigenvalue weighted by Gasteiger charge is -2.31. The minimum atomic E-state index is -0.220. The molecule has 3 rings (SSSR count). The summed E-state index contributed by atoms with van der Waals surface area (Å²) < 4.78 is 5.12. The summed E-state index contributed by atoms with van der Waals surface area (Å²) in [7, 11) is 1.63. The molecule has 1 aliphatic heterocycles. The average molecular weight is 340 g/mol. The maximum atomic E-state index is 12.2. The molecule has 1 aromatic carbocycles. The van der Waals surface area contributed by atoms with Gasteiger partial charge in [0.1, 0.15) is 5.75 Å². The second kappa shape index (κ2) is 7.96. The fourth-order valence-corrected chi connectivity index (χ4v) is 3.03. The molecule has 0 saturated carbocycles. The molecular weight excluding hydrogens is 316 g/mol. The smallest absolute Gasteiger partial charge is 0.272 e. The van der Waals surface area contributed by atoms with Gasteiger partial charge in [-0.2, -0.15) is 0 Å². The number of methoxy groups -OCH3 is 1. The summed E-state index contributed by atoms with van der Waals surface area (Å²) in [5, 5.41) is 11.2. The Hall–Kier alpha value is -2.63. The zero-order valence-electron chi connectivity index (χ0n) is 14.7. The number of nitrogens with one attached hydrogen (secondary N) is 1. The summed E-state index contributed by atoms with van der Waals surface area (Å²) in [6, 6.07) is 11.2. The Kier molecular flexibility index (Phi) is 5.48. The number of hydrogen-bond donors (Lipinski definition) is 1. The van der Waals surface area contributed by atoms with Gasteiger partial charge in [-0.25, -0.2) is 0 Å². The van der Waals surface area contributed by atoms with Crippen LogP contribution < -0.4 is 15.0 Å². The fraction of sp³-hybridized carbons (Fsp3) is 0.421. The number of aromatic nitrogens is 2. The minimum Gasteiger partial charge on any atom is -0.497 e. The minimum absolute atomic E-state index is 0.220. The molecule has 1 atom stereocenters. The van der Waals surface area contributed by atoms with Crippen molar-refractivity contribution in [3.05, 3.63) is 47.7 Å². The van der Waals surface area contributed by atoms with Crippen LogP contribution in [0, 0.1) is 5.92 Å². The molecule has 2 heterocycles. The molecule has 0 aliphatic carbocycles. The van der Waals surface area contributed by atoms with E-state index in [1.807, 2.05) is 30.3 Å². The van der Waals surface area contributed by atoms with Crippen LogP contribution in [-0.2, 0) is 6.54 Å². The van der Waals surface area contributed by atoms with E-state index < -0.39 is 0 Å². The van der Waals surface area contributed by atoms with Gasteiger partial charge in [0.05, 0.1) is 7.11 Å². The van der Waals surface area contributed by atoms with Gasteiger partial charge in [-0.1, -0.05) is 19.1 Å². The Morgan fingerprint density at radius 2 is 2.04 bits per heavy atom. The maximum absolute atomic E-state index is 12.2. The van der Waals surface area contributed by atoms with Crippen LogP contribution in [0.1, 0.15) is 35.8 Å². The van der Waals surface area contributed by atoms with Gasteiger partial charge in [-0.05, 0) is 48.6 Å². The van der Waals surface area contributed by atoms with Crippen molar-refractivity contribution in [1.29, 1.82) is 0 Å². The summed E-state index contributed by atoms with van der Waals surface area (Å²) in [5.41, 5.74) is 1.34. The summed E-state index contributed by atoms with van der Waals surface area (Å²) in [6.07, 6.45) is 2.43. The summed E-state index contributed by atoms with van der Waals surface area (Å²) >= 11 is 0. The molecule has 1 saturated heterocycles. The topological polar surface area (TPSA) is 67.3 Å². The molecule has 0 radical (unpaired) electrons. The third-order valence-electron chi connectivity index (χ3n) is 4.48. The van der Waals surface area contributed by atoms with E-state index in [4.69, 9.17) is 4.74 Å². The van der Waals surface area contributed by atoms with Crippen LogP contribution in [0.25, 0.3) is 0 Å². The molecule has 1 amide bonds. The molecule has 2 aromatic rings. The highest BCUT2D eigenvalue weighted by Crippen LogP contribution is 2.20. The van der Waals surface area contributed by atoms with Crippen molar-refractivity contribution in [2.24, 2.45) is 5.92 Å². The number of benzene rings is 1. The molecule has 6 nitrogen and oxygen atoms in total. The Morgan fingerprint density at radius 3 is 2.68 bits per heavy atom. The van der Waals surface area contributed by atoms with Crippen LogP contribution in [-0.4, -0.2) is 36.3 Å². The lowest BCUT2D eigenvalue weighted by Crippen LogP contribution is -2.35. The Balaban J connectivity index is 1.56. The number of piperidine rings is 1. The molecule has 1 aliphatic rings. The number of amides is 1. The molecule has 0 bridgehead atoms. The number of carbonyl (C=O) groups excluding carboxylic acids is 1. The molecule has 1 unspecified atom stereocenters. The zero-order valence-corrected chi connectivity index (χ0v) is 14.7. The molecule has 1 N–H and O–H groups in total. The molecule has 25 heavy (non-hydrogen) atoms. The van der Waals surface area contributed by atoms with Crippen molar-refractivity contribution in [3.8, 4) is 5.75 Å². The van der Waals surface area contributed by atoms with Gasteiger partial charge in [0.2, 0.25) is 0 Å². The third-order valence-corrected chi connectivity index (χ3v) is 4.48. The molecule has 6 heteroatoms. The highest BCUT2D eigenvalue weighted by molar-refractivity contribution is 5.92. The van der Waals surface area contributed by atoms with Crippen LogP contribution in [0.15, 0.2) is 36.4 Å². The highest BCUT2D eigenvalue weighted by Gasteiger charge is 2.18. The van der Waals surface area contributed by atoms with Crippen LogP contribution in [0.3, 0.4) is 0 Å². The maximum Gasteiger partial charge on any atom is 0.272 e. The van der Waals surface area contributed by atoms with Crippen LogP contribution in [0.4, 0.5) is 5.82 Å². The first-order valence-corrected chi connectivity index (χ1v) is 8.65. The first-order valence-electron chi connectivity index (χ1n) is 8.65. The molecular formula is C19H24N4O2. The van der Waals surface area contributed by atoms with E-state index in [1.165, 1.54) is 12.8 Å².